The predicted molar refractivity (Wildman–Crippen MR) is 134 cm³/mol. The second-order valence-corrected chi connectivity index (χ2v) is 7.63. The van der Waals surface area contributed by atoms with Crippen LogP contribution < -0.4 is 29.6 Å². The van der Waals surface area contributed by atoms with Gasteiger partial charge in [0, 0.05) is 36.4 Å². The molecule has 2 aromatic carbocycles. The third-order valence-corrected chi connectivity index (χ3v) is 5.69. The van der Waals surface area contributed by atoms with Crippen LogP contribution in [0.25, 0.3) is 0 Å². The Balaban J connectivity index is 2.03. The van der Waals surface area contributed by atoms with Crippen LogP contribution in [0.5, 0.6) is 23.0 Å². The van der Waals surface area contributed by atoms with E-state index in [4.69, 9.17) is 28.4 Å². The van der Waals surface area contributed by atoms with Gasteiger partial charge in [-0.1, -0.05) is 0 Å². The lowest BCUT2D eigenvalue weighted by Gasteiger charge is -2.26. The van der Waals surface area contributed by atoms with E-state index in [9.17, 15) is 9.59 Å². The Bertz CT molecular complexity index is 1110. The third-order valence-electron chi connectivity index (χ3n) is 5.69. The molecule has 10 nitrogen and oxygen atoms in total. The van der Waals surface area contributed by atoms with Crippen LogP contribution in [0.15, 0.2) is 58.9 Å². The van der Waals surface area contributed by atoms with E-state index in [2.05, 4.69) is 10.6 Å². The van der Waals surface area contributed by atoms with Crippen molar-refractivity contribution in [3.05, 3.63) is 58.9 Å². The molecule has 0 bridgehead atoms. The Morgan fingerprint density at radius 2 is 1.00 bits per heavy atom. The Hall–Kier alpha value is -4.34. The molecule has 0 atom stereocenters. The maximum Gasteiger partial charge on any atom is 0.335 e. The average molecular weight is 499 g/mol. The fourth-order valence-corrected chi connectivity index (χ4v) is 3.79. The normalized spacial score (nSPS) is 13.1. The number of methoxy groups -OCH3 is 6. The summed E-state index contributed by atoms with van der Waals surface area (Å²) in [5, 5.41) is 6.47. The number of benzene rings is 2. The van der Waals surface area contributed by atoms with Gasteiger partial charge in [0.15, 0.2) is 0 Å². The largest absolute Gasteiger partial charge is 0.497 e. The molecule has 0 saturated heterocycles. The van der Waals surface area contributed by atoms with Gasteiger partial charge in [-0.2, -0.15) is 0 Å². The van der Waals surface area contributed by atoms with Crippen LogP contribution in [0.4, 0.5) is 11.4 Å². The molecular formula is C26H30N2O8. The second kappa shape index (κ2) is 11.9. The monoisotopic (exact) mass is 498 g/mol. The molecule has 1 aliphatic carbocycles. The van der Waals surface area contributed by atoms with Gasteiger partial charge in [-0.15, -0.1) is 0 Å². The zero-order valence-corrected chi connectivity index (χ0v) is 21.1. The zero-order valence-electron chi connectivity index (χ0n) is 21.1. The van der Waals surface area contributed by atoms with Gasteiger partial charge in [0.1, 0.15) is 23.0 Å². The minimum Gasteiger partial charge on any atom is -0.497 e. The number of hydrogen-bond donors (Lipinski definition) is 2. The van der Waals surface area contributed by atoms with Crippen molar-refractivity contribution in [2.45, 2.75) is 12.8 Å². The molecule has 192 valence electrons. The van der Waals surface area contributed by atoms with Crippen LogP contribution >= 0.6 is 0 Å². The van der Waals surface area contributed by atoms with Gasteiger partial charge in [0.05, 0.1) is 65.2 Å². The molecule has 2 aromatic rings. The molecule has 0 aromatic heterocycles. The summed E-state index contributed by atoms with van der Waals surface area (Å²) in [6.07, 6.45) is 0.153. The number of anilines is 2. The van der Waals surface area contributed by atoms with Gasteiger partial charge in [-0.3, -0.25) is 0 Å². The molecule has 0 spiro atoms. The number of nitrogens with one attached hydrogen (secondary N) is 2. The molecule has 0 aliphatic heterocycles. The lowest BCUT2D eigenvalue weighted by molar-refractivity contribution is -0.137. The van der Waals surface area contributed by atoms with Gasteiger partial charge in [0.25, 0.3) is 0 Å². The van der Waals surface area contributed by atoms with E-state index in [1.54, 1.807) is 50.6 Å². The molecule has 2 N–H and O–H groups in total. The van der Waals surface area contributed by atoms with Gasteiger partial charge in [-0.05, 0) is 24.3 Å². The summed E-state index contributed by atoms with van der Waals surface area (Å²) in [7, 11) is 8.78. The summed E-state index contributed by atoms with van der Waals surface area (Å²) < 4.78 is 31.6. The first-order valence-electron chi connectivity index (χ1n) is 11.0. The summed E-state index contributed by atoms with van der Waals surface area (Å²) in [6, 6.07) is 10.5. The topological polar surface area (TPSA) is 114 Å². The molecule has 3 rings (SSSR count). The lowest BCUT2D eigenvalue weighted by atomic mass is 9.92. The fraction of sp³-hybridized carbons (Fsp3) is 0.308. The van der Waals surface area contributed by atoms with Gasteiger partial charge in [-0.25, -0.2) is 9.59 Å². The van der Waals surface area contributed by atoms with Gasteiger partial charge >= 0.3 is 11.9 Å². The minimum absolute atomic E-state index is 0.0765. The Labute approximate surface area is 209 Å². The first kappa shape index (κ1) is 26.3. The van der Waals surface area contributed by atoms with E-state index in [1.165, 1.54) is 28.4 Å². The number of esters is 2. The molecular weight excluding hydrogens is 468 g/mol. The smallest absolute Gasteiger partial charge is 0.335 e. The number of carbonyl (C=O) groups is 2. The van der Waals surface area contributed by atoms with Crippen molar-refractivity contribution in [2.24, 2.45) is 0 Å². The van der Waals surface area contributed by atoms with Crippen LogP contribution in [0, 0.1) is 0 Å². The van der Waals surface area contributed by atoms with Crippen molar-refractivity contribution in [1.82, 2.24) is 0 Å². The van der Waals surface area contributed by atoms with E-state index in [0.29, 0.717) is 56.9 Å². The molecule has 10 heteroatoms. The SMILES string of the molecule is COC(=O)C1=C(Nc2ccc(OC)cc2OC)CC(C(=O)OC)=C(Nc2ccc(OC)cc2OC)C1. The first-order chi connectivity index (χ1) is 17.4. The Morgan fingerprint density at radius 3 is 1.31 bits per heavy atom. The maximum absolute atomic E-state index is 12.8. The molecule has 0 fully saturated rings. The highest BCUT2D eigenvalue weighted by Crippen LogP contribution is 2.38. The Morgan fingerprint density at radius 1 is 0.611 bits per heavy atom. The molecule has 36 heavy (non-hydrogen) atoms. The van der Waals surface area contributed by atoms with E-state index in [0.717, 1.165) is 0 Å². The number of hydrogen-bond acceptors (Lipinski definition) is 10. The summed E-state index contributed by atoms with van der Waals surface area (Å²) in [5.74, 6) is 1.16. The average Bonchev–Trinajstić information content (AvgIpc) is 2.92. The highest BCUT2D eigenvalue weighted by molar-refractivity contribution is 5.96. The van der Waals surface area contributed by atoms with Crippen LogP contribution in [0.1, 0.15) is 12.8 Å². The number of carbonyl (C=O) groups excluding carboxylic acids is 2. The number of allylic oxidation sites excluding steroid dienone is 2. The van der Waals surface area contributed by atoms with Crippen molar-refractivity contribution in [3.8, 4) is 23.0 Å². The summed E-state index contributed by atoms with van der Waals surface area (Å²) in [5.41, 5.74) is 2.84. The summed E-state index contributed by atoms with van der Waals surface area (Å²) in [4.78, 5) is 25.6. The van der Waals surface area contributed by atoms with Crippen molar-refractivity contribution in [2.75, 3.05) is 53.3 Å². The van der Waals surface area contributed by atoms with E-state index in [1.807, 2.05) is 0 Å². The van der Waals surface area contributed by atoms with Crippen molar-refractivity contribution in [3.63, 3.8) is 0 Å². The number of ether oxygens (including phenoxy) is 6. The molecule has 0 radical (unpaired) electrons. The highest BCUT2D eigenvalue weighted by atomic mass is 16.5. The first-order valence-corrected chi connectivity index (χ1v) is 11.0. The molecule has 0 unspecified atom stereocenters. The van der Waals surface area contributed by atoms with Crippen molar-refractivity contribution in [1.29, 1.82) is 0 Å². The van der Waals surface area contributed by atoms with Crippen LogP contribution in [-0.4, -0.2) is 54.6 Å². The van der Waals surface area contributed by atoms with Crippen molar-refractivity contribution >= 4 is 23.3 Å². The van der Waals surface area contributed by atoms with Gasteiger partial charge in [0.2, 0.25) is 0 Å². The van der Waals surface area contributed by atoms with Crippen molar-refractivity contribution < 1.29 is 38.0 Å². The van der Waals surface area contributed by atoms with Gasteiger partial charge < -0.3 is 39.1 Å². The molecule has 0 saturated carbocycles. The van der Waals surface area contributed by atoms with E-state index in [-0.39, 0.29) is 12.8 Å². The standard InChI is InChI=1S/C26H30N2O8/c1-31-15-7-9-19(23(11-15)33-3)27-21-13-18(26(30)36-6)22(14-17(21)25(29)35-5)28-20-10-8-16(32-2)12-24(20)34-4/h7-12,27-28H,13-14H2,1-6H3. The Kier molecular flexibility index (Phi) is 8.66. The highest BCUT2D eigenvalue weighted by Gasteiger charge is 2.30. The summed E-state index contributed by atoms with van der Waals surface area (Å²) >= 11 is 0. The third kappa shape index (κ3) is 5.65. The maximum atomic E-state index is 12.8. The second-order valence-electron chi connectivity index (χ2n) is 7.63. The molecule has 0 heterocycles. The molecule has 1 aliphatic rings. The van der Waals surface area contributed by atoms with E-state index < -0.39 is 11.9 Å². The van der Waals surface area contributed by atoms with E-state index >= 15 is 0 Å². The molecule has 0 amide bonds. The lowest BCUT2D eigenvalue weighted by Crippen LogP contribution is -2.24. The minimum atomic E-state index is -0.533. The van der Waals surface area contributed by atoms with Crippen LogP contribution in [0.3, 0.4) is 0 Å². The zero-order chi connectivity index (χ0) is 26.2. The quantitative estimate of drug-likeness (QED) is 0.468. The number of rotatable bonds is 10. The summed E-state index contributed by atoms with van der Waals surface area (Å²) in [6.45, 7) is 0. The van der Waals surface area contributed by atoms with Crippen LogP contribution in [-0.2, 0) is 19.1 Å². The van der Waals surface area contributed by atoms with Crippen LogP contribution in [0.2, 0.25) is 0 Å². The fourth-order valence-electron chi connectivity index (χ4n) is 3.79. The predicted octanol–water partition coefficient (Wildman–Crippen LogP) is 3.89.